The third-order valence-electron chi connectivity index (χ3n) is 2.38. The molecule has 2 heterocycles. The van der Waals surface area contributed by atoms with Crippen LogP contribution in [0.5, 0.6) is 0 Å². The van der Waals surface area contributed by atoms with E-state index in [0.29, 0.717) is 16.4 Å². The normalized spacial score (nSPS) is 11.8. The summed E-state index contributed by atoms with van der Waals surface area (Å²) in [7, 11) is 0. The van der Waals surface area contributed by atoms with Gasteiger partial charge in [0.25, 0.3) is 0 Å². The number of rotatable bonds is 3. The fraction of sp³-hybridized carbons (Fsp3) is 0.182. The number of nitriles is 1. The Labute approximate surface area is 103 Å². The molecule has 0 aromatic carbocycles. The van der Waals surface area contributed by atoms with Crippen LogP contribution in [0.1, 0.15) is 24.1 Å². The Balaban J connectivity index is 2.23. The number of hydrogen-bond donors (Lipinski definition) is 2. The predicted molar refractivity (Wildman–Crippen MR) is 64.6 cm³/mol. The van der Waals surface area contributed by atoms with E-state index in [1.54, 1.807) is 24.7 Å². The van der Waals surface area contributed by atoms with Crippen molar-refractivity contribution in [2.45, 2.75) is 13.0 Å². The van der Waals surface area contributed by atoms with Crippen molar-refractivity contribution in [3.8, 4) is 6.07 Å². The molecule has 2 aromatic heterocycles. The average molecular weight is 248 g/mol. The standard InChI is InChI=1S/C11H10ClN5/c1-7(9-5-15-16-6-9)17-11-10(12)8(4-13)2-3-14-11/h2-3,5-7H,1H3,(H,14,17)(H,15,16). The number of anilines is 1. The van der Waals surface area contributed by atoms with Gasteiger partial charge in [0.1, 0.15) is 16.9 Å². The van der Waals surface area contributed by atoms with Gasteiger partial charge < -0.3 is 5.32 Å². The van der Waals surface area contributed by atoms with Crippen LogP contribution in [0.4, 0.5) is 5.82 Å². The lowest BCUT2D eigenvalue weighted by molar-refractivity contribution is 0.875. The highest BCUT2D eigenvalue weighted by atomic mass is 35.5. The highest BCUT2D eigenvalue weighted by Gasteiger charge is 2.11. The summed E-state index contributed by atoms with van der Waals surface area (Å²) in [5, 5.41) is 18.9. The van der Waals surface area contributed by atoms with Crippen LogP contribution in [0, 0.1) is 11.3 Å². The number of aromatic amines is 1. The van der Waals surface area contributed by atoms with E-state index in [-0.39, 0.29) is 6.04 Å². The van der Waals surface area contributed by atoms with Gasteiger partial charge in [0, 0.05) is 18.0 Å². The molecule has 17 heavy (non-hydrogen) atoms. The maximum absolute atomic E-state index is 8.86. The molecule has 2 N–H and O–H groups in total. The number of hydrogen-bond acceptors (Lipinski definition) is 4. The Morgan fingerprint density at radius 1 is 1.59 bits per heavy atom. The molecule has 2 rings (SSSR count). The quantitative estimate of drug-likeness (QED) is 0.874. The third-order valence-corrected chi connectivity index (χ3v) is 2.76. The van der Waals surface area contributed by atoms with Crippen molar-refractivity contribution in [1.29, 1.82) is 5.26 Å². The summed E-state index contributed by atoms with van der Waals surface area (Å²) in [6.07, 6.45) is 5.06. The number of aromatic nitrogens is 3. The lowest BCUT2D eigenvalue weighted by Gasteiger charge is -2.13. The first-order valence-corrected chi connectivity index (χ1v) is 5.40. The molecule has 0 bridgehead atoms. The van der Waals surface area contributed by atoms with Gasteiger partial charge in [-0.2, -0.15) is 10.4 Å². The third kappa shape index (κ3) is 2.37. The number of halogens is 1. The van der Waals surface area contributed by atoms with Crippen LogP contribution in [0.15, 0.2) is 24.7 Å². The number of H-pyrrole nitrogens is 1. The predicted octanol–water partition coefficient (Wildman–Crippen LogP) is 2.50. The second-order valence-corrected chi connectivity index (χ2v) is 3.91. The van der Waals surface area contributed by atoms with E-state index in [4.69, 9.17) is 16.9 Å². The maximum atomic E-state index is 8.86. The van der Waals surface area contributed by atoms with E-state index in [1.165, 1.54) is 0 Å². The van der Waals surface area contributed by atoms with Crippen LogP contribution in [0.25, 0.3) is 0 Å². The van der Waals surface area contributed by atoms with Gasteiger partial charge in [-0.05, 0) is 13.0 Å². The molecule has 5 nitrogen and oxygen atoms in total. The molecule has 0 aliphatic carbocycles. The van der Waals surface area contributed by atoms with Gasteiger partial charge in [0.05, 0.1) is 17.8 Å². The van der Waals surface area contributed by atoms with E-state index < -0.39 is 0 Å². The van der Waals surface area contributed by atoms with E-state index >= 15 is 0 Å². The van der Waals surface area contributed by atoms with Gasteiger partial charge in [0.15, 0.2) is 0 Å². The molecule has 1 atom stereocenters. The zero-order valence-electron chi connectivity index (χ0n) is 9.11. The van der Waals surface area contributed by atoms with Gasteiger partial charge in [-0.15, -0.1) is 0 Å². The van der Waals surface area contributed by atoms with Crippen molar-refractivity contribution in [2.24, 2.45) is 0 Å². The molecule has 0 fully saturated rings. The summed E-state index contributed by atoms with van der Waals surface area (Å²) in [4.78, 5) is 4.11. The topological polar surface area (TPSA) is 77.4 Å². The molecule has 0 aliphatic rings. The van der Waals surface area contributed by atoms with Crippen molar-refractivity contribution in [3.63, 3.8) is 0 Å². The Morgan fingerprint density at radius 2 is 2.41 bits per heavy atom. The van der Waals surface area contributed by atoms with Crippen molar-refractivity contribution < 1.29 is 0 Å². The lowest BCUT2D eigenvalue weighted by Crippen LogP contribution is -2.08. The van der Waals surface area contributed by atoms with Crippen molar-refractivity contribution in [2.75, 3.05) is 5.32 Å². The van der Waals surface area contributed by atoms with Gasteiger partial charge in [-0.1, -0.05) is 11.6 Å². The second-order valence-electron chi connectivity index (χ2n) is 3.53. The first kappa shape index (κ1) is 11.4. The number of nitrogens with zero attached hydrogens (tertiary/aromatic N) is 3. The minimum atomic E-state index is 0.00712. The largest absolute Gasteiger partial charge is 0.362 e. The summed E-state index contributed by atoms with van der Waals surface area (Å²) < 4.78 is 0. The van der Waals surface area contributed by atoms with E-state index in [0.717, 1.165) is 5.56 Å². The van der Waals surface area contributed by atoms with Crippen molar-refractivity contribution in [3.05, 3.63) is 40.8 Å². The summed E-state index contributed by atoms with van der Waals surface area (Å²) >= 11 is 6.04. The zero-order chi connectivity index (χ0) is 12.3. The molecule has 2 aromatic rings. The van der Waals surface area contributed by atoms with Crippen LogP contribution >= 0.6 is 11.6 Å². The molecule has 0 saturated carbocycles. The van der Waals surface area contributed by atoms with E-state index in [1.807, 2.05) is 13.0 Å². The molecule has 1 unspecified atom stereocenters. The molecular weight excluding hydrogens is 238 g/mol. The first-order chi connectivity index (χ1) is 8.22. The number of nitrogens with one attached hydrogen (secondary N) is 2. The molecule has 0 spiro atoms. The minimum absolute atomic E-state index is 0.00712. The van der Waals surface area contributed by atoms with Gasteiger partial charge in [-0.25, -0.2) is 4.98 Å². The average Bonchev–Trinajstić information content (AvgIpc) is 2.85. The maximum Gasteiger partial charge on any atom is 0.146 e. The van der Waals surface area contributed by atoms with E-state index in [9.17, 15) is 0 Å². The number of pyridine rings is 1. The van der Waals surface area contributed by atoms with Gasteiger partial charge >= 0.3 is 0 Å². The molecular formula is C11H10ClN5. The van der Waals surface area contributed by atoms with Crippen LogP contribution in [-0.2, 0) is 0 Å². The Hall–Kier alpha value is -2.06. The Kier molecular flexibility index (Phi) is 3.26. The summed E-state index contributed by atoms with van der Waals surface area (Å²) in [5.74, 6) is 0.499. The molecule has 0 saturated heterocycles. The highest BCUT2D eigenvalue weighted by Crippen LogP contribution is 2.26. The zero-order valence-corrected chi connectivity index (χ0v) is 9.86. The molecule has 0 radical (unpaired) electrons. The molecule has 6 heteroatoms. The van der Waals surface area contributed by atoms with Crippen LogP contribution < -0.4 is 5.32 Å². The second kappa shape index (κ2) is 4.85. The summed E-state index contributed by atoms with van der Waals surface area (Å²) in [5.41, 5.74) is 1.40. The highest BCUT2D eigenvalue weighted by molar-refractivity contribution is 6.34. The SMILES string of the molecule is CC(Nc1nccc(C#N)c1Cl)c1cn[nH]c1. The Bertz CT molecular complexity index is 543. The molecule has 0 aliphatic heterocycles. The van der Waals surface area contributed by atoms with Gasteiger partial charge in [0.2, 0.25) is 0 Å². The van der Waals surface area contributed by atoms with Crippen LogP contribution in [0.2, 0.25) is 5.02 Å². The first-order valence-electron chi connectivity index (χ1n) is 5.02. The van der Waals surface area contributed by atoms with Crippen LogP contribution in [-0.4, -0.2) is 15.2 Å². The van der Waals surface area contributed by atoms with Crippen molar-refractivity contribution in [1.82, 2.24) is 15.2 Å². The smallest absolute Gasteiger partial charge is 0.146 e. The lowest BCUT2D eigenvalue weighted by atomic mass is 10.2. The molecule has 0 amide bonds. The fourth-order valence-corrected chi connectivity index (χ4v) is 1.63. The van der Waals surface area contributed by atoms with Gasteiger partial charge in [-0.3, -0.25) is 5.10 Å². The van der Waals surface area contributed by atoms with E-state index in [2.05, 4.69) is 20.5 Å². The Morgan fingerprint density at radius 3 is 3.06 bits per heavy atom. The summed E-state index contributed by atoms with van der Waals surface area (Å²) in [6.45, 7) is 1.96. The monoisotopic (exact) mass is 247 g/mol. The summed E-state index contributed by atoms with van der Waals surface area (Å²) in [6, 6.07) is 3.60. The van der Waals surface area contributed by atoms with Crippen LogP contribution in [0.3, 0.4) is 0 Å². The fourth-order valence-electron chi connectivity index (χ4n) is 1.42. The minimum Gasteiger partial charge on any atom is -0.362 e. The van der Waals surface area contributed by atoms with Crippen molar-refractivity contribution >= 4 is 17.4 Å². The molecule has 86 valence electrons.